The number of methoxy groups -OCH3 is 1. The molecule has 2 N–H and O–H groups in total. The van der Waals surface area contributed by atoms with Crippen molar-refractivity contribution in [1.29, 1.82) is 0 Å². The summed E-state index contributed by atoms with van der Waals surface area (Å²) in [6.45, 7) is 0.265. The molecule has 3 aromatic rings. The number of hydrogen-bond acceptors (Lipinski definition) is 5. The maximum absolute atomic E-state index is 12.2. The number of ether oxygens (including phenoxy) is 2. The summed E-state index contributed by atoms with van der Waals surface area (Å²) in [6, 6.07) is 20.5. The number of nitrogens with zero attached hydrogens (tertiary/aromatic N) is 1. The topological polar surface area (TPSA) is 97.2 Å². The van der Waals surface area contributed by atoms with Crippen LogP contribution in [0.1, 0.15) is 31.8 Å². The van der Waals surface area contributed by atoms with Gasteiger partial charge in [-0.1, -0.05) is 30.3 Å². The number of carboxylic acids is 1. The van der Waals surface area contributed by atoms with Gasteiger partial charge in [-0.25, -0.2) is 10.2 Å². The van der Waals surface area contributed by atoms with Crippen molar-refractivity contribution >= 4 is 18.1 Å². The first-order valence-electron chi connectivity index (χ1n) is 9.08. The minimum Gasteiger partial charge on any atom is -0.497 e. The van der Waals surface area contributed by atoms with E-state index in [-0.39, 0.29) is 18.1 Å². The molecule has 0 aromatic heterocycles. The standard InChI is InChI=1S/C23H20N2O5/c1-29-20-7-4-6-18(13-20)22(26)25-24-14-19-5-2-3-8-21(19)30-15-16-9-11-17(12-10-16)23(27)28/h2-14H,15H2,1H3,(H,25,26)(H,27,28)/b24-14-. The fourth-order valence-corrected chi connectivity index (χ4v) is 2.61. The summed E-state index contributed by atoms with van der Waals surface area (Å²) in [7, 11) is 1.53. The smallest absolute Gasteiger partial charge is 0.335 e. The molecule has 0 saturated carbocycles. The Hall–Kier alpha value is -4.13. The second-order valence-corrected chi connectivity index (χ2v) is 6.26. The number of rotatable bonds is 8. The lowest BCUT2D eigenvalue weighted by molar-refractivity contribution is 0.0696. The molecule has 0 heterocycles. The predicted octanol–water partition coefficient (Wildman–Crippen LogP) is 3.74. The van der Waals surface area contributed by atoms with Gasteiger partial charge in [0.15, 0.2) is 0 Å². The van der Waals surface area contributed by atoms with Crippen molar-refractivity contribution in [3.8, 4) is 11.5 Å². The van der Waals surface area contributed by atoms with E-state index in [9.17, 15) is 9.59 Å². The van der Waals surface area contributed by atoms with Crippen molar-refractivity contribution in [1.82, 2.24) is 5.43 Å². The Morgan fingerprint density at radius 2 is 1.77 bits per heavy atom. The Bertz CT molecular complexity index is 1060. The van der Waals surface area contributed by atoms with Crippen LogP contribution in [0.25, 0.3) is 0 Å². The number of benzene rings is 3. The highest BCUT2D eigenvalue weighted by molar-refractivity contribution is 5.95. The average molecular weight is 404 g/mol. The summed E-state index contributed by atoms with van der Waals surface area (Å²) in [6.07, 6.45) is 1.50. The van der Waals surface area contributed by atoms with Crippen LogP contribution in [0.5, 0.6) is 11.5 Å². The van der Waals surface area contributed by atoms with E-state index in [2.05, 4.69) is 10.5 Å². The van der Waals surface area contributed by atoms with Crippen molar-refractivity contribution in [2.45, 2.75) is 6.61 Å². The predicted molar refractivity (Wildman–Crippen MR) is 112 cm³/mol. The van der Waals surface area contributed by atoms with E-state index in [4.69, 9.17) is 14.6 Å². The number of carbonyl (C=O) groups excluding carboxylic acids is 1. The van der Waals surface area contributed by atoms with Gasteiger partial charge in [0, 0.05) is 11.1 Å². The maximum atomic E-state index is 12.2. The van der Waals surface area contributed by atoms with Crippen LogP contribution in [-0.4, -0.2) is 30.3 Å². The molecular formula is C23H20N2O5. The van der Waals surface area contributed by atoms with Crippen LogP contribution in [0.3, 0.4) is 0 Å². The van der Waals surface area contributed by atoms with Crippen LogP contribution in [0.2, 0.25) is 0 Å². The molecule has 7 nitrogen and oxygen atoms in total. The quantitative estimate of drug-likeness (QED) is 0.440. The molecule has 0 atom stereocenters. The number of hydrazone groups is 1. The average Bonchev–Trinajstić information content (AvgIpc) is 2.78. The Morgan fingerprint density at radius 3 is 2.50 bits per heavy atom. The van der Waals surface area contributed by atoms with Crippen LogP contribution >= 0.6 is 0 Å². The monoisotopic (exact) mass is 404 g/mol. The van der Waals surface area contributed by atoms with E-state index < -0.39 is 5.97 Å². The summed E-state index contributed by atoms with van der Waals surface area (Å²) < 4.78 is 10.9. The zero-order valence-corrected chi connectivity index (χ0v) is 16.2. The molecule has 0 saturated heterocycles. The first kappa shape index (κ1) is 20.6. The van der Waals surface area contributed by atoms with Gasteiger partial charge in [-0.3, -0.25) is 4.79 Å². The van der Waals surface area contributed by atoms with Crippen LogP contribution in [0.15, 0.2) is 77.9 Å². The molecule has 30 heavy (non-hydrogen) atoms. The lowest BCUT2D eigenvalue weighted by Crippen LogP contribution is -2.17. The molecule has 3 aromatic carbocycles. The Balaban J connectivity index is 1.63. The molecule has 0 bridgehead atoms. The summed E-state index contributed by atoms with van der Waals surface area (Å²) >= 11 is 0. The van der Waals surface area contributed by atoms with E-state index in [1.807, 2.05) is 18.2 Å². The number of nitrogens with one attached hydrogen (secondary N) is 1. The molecule has 0 aliphatic carbocycles. The Morgan fingerprint density at radius 1 is 1.00 bits per heavy atom. The van der Waals surface area contributed by atoms with Crippen molar-refractivity contribution < 1.29 is 24.2 Å². The summed E-state index contributed by atoms with van der Waals surface area (Å²) in [5.41, 5.74) is 4.65. The SMILES string of the molecule is COc1cccc(C(=O)N/N=C\c2ccccc2OCc2ccc(C(=O)O)cc2)c1. The number of amides is 1. The fourth-order valence-electron chi connectivity index (χ4n) is 2.61. The van der Waals surface area contributed by atoms with E-state index in [1.165, 1.54) is 25.5 Å². The van der Waals surface area contributed by atoms with Crippen molar-refractivity contribution in [3.05, 3.63) is 95.1 Å². The first-order chi connectivity index (χ1) is 14.6. The zero-order valence-electron chi connectivity index (χ0n) is 16.2. The minimum absolute atomic E-state index is 0.220. The molecule has 1 amide bonds. The van der Waals surface area contributed by atoms with Gasteiger partial charge in [0.2, 0.25) is 0 Å². The van der Waals surface area contributed by atoms with Gasteiger partial charge >= 0.3 is 5.97 Å². The second-order valence-electron chi connectivity index (χ2n) is 6.26. The molecule has 0 radical (unpaired) electrons. The molecule has 152 valence electrons. The highest BCUT2D eigenvalue weighted by Gasteiger charge is 2.06. The highest BCUT2D eigenvalue weighted by Crippen LogP contribution is 2.18. The third kappa shape index (κ3) is 5.45. The summed E-state index contributed by atoms with van der Waals surface area (Å²) in [4.78, 5) is 23.1. The highest BCUT2D eigenvalue weighted by atomic mass is 16.5. The molecule has 0 unspecified atom stereocenters. The first-order valence-corrected chi connectivity index (χ1v) is 9.08. The van der Waals surface area contributed by atoms with Gasteiger partial charge < -0.3 is 14.6 Å². The van der Waals surface area contributed by atoms with Crippen molar-refractivity contribution in [2.24, 2.45) is 5.10 Å². The van der Waals surface area contributed by atoms with Crippen LogP contribution in [0.4, 0.5) is 0 Å². The number of aromatic carboxylic acids is 1. The van der Waals surface area contributed by atoms with Gasteiger partial charge in [-0.05, 0) is 48.0 Å². The lowest BCUT2D eigenvalue weighted by atomic mass is 10.1. The van der Waals surface area contributed by atoms with E-state index >= 15 is 0 Å². The number of carbonyl (C=O) groups is 2. The van der Waals surface area contributed by atoms with Crippen LogP contribution in [0, 0.1) is 0 Å². The fraction of sp³-hybridized carbons (Fsp3) is 0.0870. The molecule has 0 spiro atoms. The Labute approximate surface area is 173 Å². The van der Waals surface area contributed by atoms with Gasteiger partial charge in [-0.2, -0.15) is 5.10 Å². The summed E-state index contributed by atoms with van der Waals surface area (Å²) in [5.74, 6) is -0.164. The van der Waals surface area contributed by atoms with E-state index in [0.29, 0.717) is 22.6 Å². The normalized spacial score (nSPS) is 10.6. The molecular weight excluding hydrogens is 384 g/mol. The van der Waals surface area contributed by atoms with E-state index in [1.54, 1.807) is 42.5 Å². The van der Waals surface area contributed by atoms with Crippen LogP contribution < -0.4 is 14.9 Å². The number of carboxylic acid groups (broad SMARTS) is 1. The van der Waals surface area contributed by atoms with Gasteiger partial charge in [-0.15, -0.1) is 0 Å². The Kier molecular flexibility index (Phi) is 6.78. The largest absolute Gasteiger partial charge is 0.497 e. The van der Waals surface area contributed by atoms with Crippen LogP contribution in [-0.2, 0) is 6.61 Å². The third-order valence-electron chi connectivity index (χ3n) is 4.22. The molecule has 0 aliphatic rings. The zero-order chi connectivity index (χ0) is 21.3. The van der Waals surface area contributed by atoms with Gasteiger partial charge in [0.1, 0.15) is 18.1 Å². The second kappa shape index (κ2) is 9.88. The van der Waals surface area contributed by atoms with Crippen molar-refractivity contribution in [3.63, 3.8) is 0 Å². The van der Waals surface area contributed by atoms with Gasteiger partial charge in [0.05, 0.1) is 18.9 Å². The molecule has 0 fully saturated rings. The lowest BCUT2D eigenvalue weighted by Gasteiger charge is -2.09. The van der Waals surface area contributed by atoms with E-state index in [0.717, 1.165) is 5.56 Å². The third-order valence-corrected chi connectivity index (χ3v) is 4.22. The number of hydrogen-bond donors (Lipinski definition) is 2. The molecule has 3 rings (SSSR count). The minimum atomic E-state index is -0.972. The summed E-state index contributed by atoms with van der Waals surface area (Å²) in [5, 5.41) is 13.0. The maximum Gasteiger partial charge on any atom is 0.335 e. The van der Waals surface area contributed by atoms with Crippen molar-refractivity contribution in [2.75, 3.05) is 7.11 Å². The number of para-hydroxylation sites is 1. The molecule has 0 aliphatic heterocycles. The van der Waals surface area contributed by atoms with Gasteiger partial charge in [0.25, 0.3) is 5.91 Å². The molecule has 7 heteroatoms.